The van der Waals surface area contributed by atoms with E-state index in [4.69, 9.17) is 4.74 Å². The SMILES string of the molecule is CCCOCC(O)c1c(C)cc(C)cc1F. The van der Waals surface area contributed by atoms with Crippen LogP contribution in [0.2, 0.25) is 0 Å². The molecule has 1 atom stereocenters. The first kappa shape index (κ1) is 13.1. The molecule has 3 heteroatoms. The van der Waals surface area contributed by atoms with Gasteiger partial charge in [0, 0.05) is 12.2 Å². The van der Waals surface area contributed by atoms with Crippen LogP contribution in [0, 0.1) is 19.7 Å². The van der Waals surface area contributed by atoms with E-state index in [-0.39, 0.29) is 12.4 Å². The Hall–Kier alpha value is -0.930. The summed E-state index contributed by atoms with van der Waals surface area (Å²) in [7, 11) is 0. The fraction of sp³-hybridized carbons (Fsp3) is 0.538. The topological polar surface area (TPSA) is 29.5 Å². The van der Waals surface area contributed by atoms with E-state index in [9.17, 15) is 9.50 Å². The molecule has 1 aromatic rings. The number of aliphatic hydroxyl groups excluding tert-OH is 1. The van der Waals surface area contributed by atoms with E-state index in [1.54, 1.807) is 6.92 Å². The number of benzene rings is 1. The summed E-state index contributed by atoms with van der Waals surface area (Å²) in [6.45, 7) is 6.36. The smallest absolute Gasteiger partial charge is 0.129 e. The monoisotopic (exact) mass is 226 g/mol. The normalized spacial score (nSPS) is 12.8. The quantitative estimate of drug-likeness (QED) is 0.782. The Balaban J connectivity index is 2.78. The molecule has 1 rings (SSSR count). The van der Waals surface area contributed by atoms with Crippen molar-refractivity contribution in [2.75, 3.05) is 13.2 Å². The molecule has 0 heterocycles. The zero-order valence-electron chi connectivity index (χ0n) is 10.1. The lowest BCUT2D eigenvalue weighted by molar-refractivity contribution is 0.0343. The number of hydrogen-bond donors (Lipinski definition) is 1. The maximum absolute atomic E-state index is 13.7. The third-order valence-corrected chi connectivity index (χ3v) is 2.44. The summed E-state index contributed by atoms with van der Waals surface area (Å²) in [4.78, 5) is 0. The largest absolute Gasteiger partial charge is 0.386 e. The lowest BCUT2D eigenvalue weighted by atomic mass is 10.0. The van der Waals surface area contributed by atoms with Gasteiger partial charge in [-0.2, -0.15) is 0 Å². The minimum Gasteiger partial charge on any atom is -0.386 e. The average Bonchev–Trinajstić information content (AvgIpc) is 2.16. The van der Waals surface area contributed by atoms with Crippen molar-refractivity contribution in [3.05, 3.63) is 34.6 Å². The van der Waals surface area contributed by atoms with Crippen molar-refractivity contribution >= 4 is 0 Å². The van der Waals surface area contributed by atoms with Crippen molar-refractivity contribution in [1.82, 2.24) is 0 Å². The second-order valence-electron chi connectivity index (χ2n) is 4.07. The highest BCUT2D eigenvalue weighted by Crippen LogP contribution is 2.23. The summed E-state index contributed by atoms with van der Waals surface area (Å²) in [5.41, 5.74) is 1.98. The summed E-state index contributed by atoms with van der Waals surface area (Å²) in [5, 5.41) is 9.83. The second kappa shape index (κ2) is 5.97. The molecule has 2 nitrogen and oxygen atoms in total. The van der Waals surface area contributed by atoms with E-state index in [0.717, 1.165) is 17.5 Å². The van der Waals surface area contributed by atoms with E-state index in [1.165, 1.54) is 6.07 Å². The van der Waals surface area contributed by atoms with Gasteiger partial charge in [0.2, 0.25) is 0 Å². The molecule has 0 fully saturated rings. The van der Waals surface area contributed by atoms with Gasteiger partial charge in [0.25, 0.3) is 0 Å². The van der Waals surface area contributed by atoms with Crippen LogP contribution in [0.1, 0.15) is 36.1 Å². The highest BCUT2D eigenvalue weighted by molar-refractivity contribution is 5.33. The highest BCUT2D eigenvalue weighted by Gasteiger charge is 2.16. The third kappa shape index (κ3) is 3.29. The van der Waals surface area contributed by atoms with Crippen LogP contribution in [-0.4, -0.2) is 18.3 Å². The molecular formula is C13H19FO2. The molecule has 0 aliphatic carbocycles. The van der Waals surface area contributed by atoms with E-state index in [2.05, 4.69) is 0 Å². The summed E-state index contributed by atoms with van der Waals surface area (Å²) < 4.78 is 18.9. The summed E-state index contributed by atoms with van der Waals surface area (Å²) in [6, 6.07) is 3.30. The van der Waals surface area contributed by atoms with Gasteiger partial charge in [-0.05, 0) is 37.5 Å². The Morgan fingerprint density at radius 2 is 2.06 bits per heavy atom. The fourth-order valence-corrected chi connectivity index (χ4v) is 1.77. The zero-order chi connectivity index (χ0) is 12.1. The molecule has 16 heavy (non-hydrogen) atoms. The maximum Gasteiger partial charge on any atom is 0.129 e. The van der Waals surface area contributed by atoms with Gasteiger partial charge in [0.05, 0.1) is 6.61 Å². The van der Waals surface area contributed by atoms with Crippen molar-refractivity contribution < 1.29 is 14.2 Å². The Bertz CT molecular complexity index is 327. The first-order chi connectivity index (χ1) is 7.56. The number of aryl methyl sites for hydroxylation is 2. The Morgan fingerprint density at radius 1 is 1.38 bits per heavy atom. The van der Waals surface area contributed by atoms with Crippen LogP contribution in [0.25, 0.3) is 0 Å². The molecule has 1 unspecified atom stereocenters. The molecule has 0 bridgehead atoms. The van der Waals surface area contributed by atoms with Crippen molar-refractivity contribution in [1.29, 1.82) is 0 Å². The van der Waals surface area contributed by atoms with E-state index >= 15 is 0 Å². The van der Waals surface area contributed by atoms with Crippen LogP contribution in [-0.2, 0) is 4.74 Å². The molecule has 0 saturated carbocycles. The molecule has 0 aliphatic heterocycles. The molecule has 0 amide bonds. The zero-order valence-corrected chi connectivity index (χ0v) is 10.1. The molecule has 1 aromatic carbocycles. The molecule has 1 N–H and O–H groups in total. The van der Waals surface area contributed by atoms with E-state index in [0.29, 0.717) is 12.2 Å². The van der Waals surface area contributed by atoms with Crippen molar-refractivity contribution in [3.8, 4) is 0 Å². The summed E-state index contributed by atoms with van der Waals surface area (Å²) in [6.07, 6.45) is 0.00869. The summed E-state index contributed by atoms with van der Waals surface area (Å²) >= 11 is 0. The third-order valence-electron chi connectivity index (χ3n) is 2.44. The van der Waals surface area contributed by atoms with Gasteiger partial charge in [0.1, 0.15) is 11.9 Å². The first-order valence-electron chi connectivity index (χ1n) is 5.58. The first-order valence-corrected chi connectivity index (χ1v) is 5.58. The van der Waals surface area contributed by atoms with Gasteiger partial charge >= 0.3 is 0 Å². The number of halogens is 1. The van der Waals surface area contributed by atoms with Crippen LogP contribution in [0.3, 0.4) is 0 Å². The van der Waals surface area contributed by atoms with Crippen LogP contribution in [0.4, 0.5) is 4.39 Å². The van der Waals surface area contributed by atoms with Gasteiger partial charge in [-0.1, -0.05) is 13.0 Å². The molecule has 0 aliphatic rings. The van der Waals surface area contributed by atoms with Crippen LogP contribution < -0.4 is 0 Å². The molecular weight excluding hydrogens is 207 g/mol. The number of hydrogen-bond acceptors (Lipinski definition) is 2. The fourth-order valence-electron chi connectivity index (χ4n) is 1.77. The maximum atomic E-state index is 13.7. The average molecular weight is 226 g/mol. The Labute approximate surface area is 96.1 Å². The number of ether oxygens (including phenoxy) is 1. The van der Waals surface area contributed by atoms with Crippen molar-refractivity contribution in [2.45, 2.75) is 33.3 Å². The predicted molar refractivity (Wildman–Crippen MR) is 61.9 cm³/mol. The van der Waals surface area contributed by atoms with Crippen LogP contribution >= 0.6 is 0 Å². The lowest BCUT2D eigenvalue weighted by Gasteiger charge is -2.15. The lowest BCUT2D eigenvalue weighted by Crippen LogP contribution is -2.11. The van der Waals surface area contributed by atoms with Crippen molar-refractivity contribution in [2.24, 2.45) is 0 Å². The van der Waals surface area contributed by atoms with E-state index in [1.807, 2.05) is 19.9 Å². The van der Waals surface area contributed by atoms with Gasteiger partial charge in [-0.25, -0.2) is 4.39 Å². The van der Waals surface area contributed by atoms with Crippen LogP contribution in [0.5, 0.6) is 0 Å². The minimum atomic E-state index is -0.882. The minimum absolute atomic E-state index is 0.147. The number of rotatable bonds is 5. The summed E-state index contributed by atoms with van der Waals surface area (Å²) in [5.74, 6) is -0.356. The molecule has 90 valence electrons. The number of aliphatic hydroxyl groups is 1. The van der Waals surface area contributed by atoms with Gasteiger partial charge in [0.15, 0.2) is 0 Å². The Morgan fingerprint density at radius 3 is 2.62 bits per heavy atom. The van der Waals surface area contributed by atoms with Gasteiger partial charge < -0.3 is 9.84 Å². The van der Waals surface area contributed by atoms with Crippen molar-refractivity contribution in [3.63, 3.8) is 0 Å². The van der Waals surface area contributed by atoms with Crippen LogP contribution in [0.15, 0.2) is 12.1 Å². The highest BCUT2D eigenvalue weighted by atomic mass is 19.1. The van der Waals surface area contributed by atoms with Gasteiger partial charge in [-0.3, -0.25) is 0 Å². The Kier molecular flexibility index (Phi) is 4.90. The molecule has 0 radical (unpaired) electrons. The second-order valence-corrected chi connectivity index (χ2v) is 4.07. The van der Waals surface area contributed by atoms with Gasteiger partial charge in [-0.15, -0.1) is 0 Å². The molecule has 0 spiro atoms. The predicted octanol–water partition coefficient (Wildman–Crippen LogP) is 2.90. The molecule has 0 saturated heterocycles. The molecule has 0 aromatic heterocycles. The standard InChI is InChI=1S/C13H19FO2/c1-4-5-16-8-12(15)13-10(3)6-9(2)7-11(13)14/h6-7,12,15H,4-5,8H2,1-3H3. The van der Waals surface area contributed by atoms with E-state index < -0.39 is 6.10 Å².